The summed E-state index contributed by atoms with van der Waals surface area (Å²) < 4.78 is 34.2. The number of nitrogens with two attached hydrogens (primary N) is 2. The number of amides is 2. The van der Waals surface area contributed by atoms with Crippen molar-refractivity contribution < 1.29 is 61.5 Å². The zero-order valence-electron chi connectivity index (χ0n) is 43.0. The van der Waals surface area contributed by atoms with Crippen LogP contribution in [0.4, 0.5) is 17.5 Å². The maximum atomic E-state index is 13.3. The summed E-state index contributed by atoms with van der Waals surface area (Å²) in [6.07, 6.45) is 17.1. The fourth-order valence-electron chi connectivity index (χ4n) is 7.35. The Morgan fingerprint density at radius 3 is 2.00 bits per heavy atom. The van der Waals surface area contributed by atoms with E-state index >= 15 is 0 Å². The lowest BCUT2D eigenvalue weighted by Gasteiger charge is -2.24. The van der Waals surface area contributed by atoms with Crippen LogP contribution in [0.1, 0.15) is 145 Å². The van der Waals surface area contributed by atoms with E-state index in [2.05, 4.69) is 37.5 Å². The number of anilines is 3. The van der Waals surface area contributed by atoms with E-state index < -0.39 is 75.7 Å². The van der Waals surface area contributed by atoms with Gasteiger partial charge < -0.3 is 51.0 Å². The van der Waals surface area contributed by atoms with Crippen molar-refractivity contribution >= 4 is 66.2 Å². The molecule has 2 heterocycles. The van der Waals surface area contributed by atoms with E-state index in [0.29, 0.717) is 40.9 Å². The summed E-state index contributed by atoms with van der Waals surface area (Å²) in [4.78, 5) is 92.6. The molecule has 8 N–H and O–H groups in total. The second-order valence-corrected chi connectivity index (χ2v) is 20.5. The van der Waals surface area contributed by atoms with Gasteiger partial charge in [-0.3, -0.25) is 33.0 Å². The van der Waals surface area contributed by atoms with E-state index in [1.165, 1.54) is 89.0 Å². The van der Waals surface area contributed by atoms with Gasteiger partial charge in [-0.05, 0) is 37.1 Å². The summed E-state index contributed by atoms with van der Waals surface area (Å²) in [7, 11) is 2.85. The van der Waals surface area contributed by atoms with Crippen LogP contribution in [0.25, 0.3) is 11.2 Å². The van der Waals surface area contributed by atoms with E-state index in [0.717, 1.165) is 19.3 Å². The molecule has 0 radical (unpaired) electrons. The Kier molecular flexibility index (Phi) is 27.4. The molecule has 402 valence electrons. The van der Waals surface area contributed by atoms with Crippen LogP contribution in [0.3, 0.4) is 0 Å². The fourth-order valence-corrected chi connectivity index (χ4v) is 8.10. The molecule has 0 aliphatic rings. The van der Waals surface area contributed by atoms with Gasteiger partial charge in [0, 0.05) is 37.7 Å². The van der Waals surface area contributed by atoms with Crippen LogP contribution in [0.2, 0.25) is 0 Å². The minimum Gasteiger partial charge on any atom is -0.481 e. The Balaban J connectivity index is 1.48. The van der Waals surface area contributed by atoms with Crippen molar-refractivity contribution in [2.75, 3.05) is 77.5 Å². The van der Waals surface area contributed by atoms with Crippen LogP contribution in [-0.2, 0) is 48.8 Å². The van der Waals surface area contributed by atoms with E-state index in [1.54, 1.807) is 19.2 Å². The van der Waals surface area contributed by atoms with Crippen molar-refractivity contribution in [2.45, 2.75) is 148 Å². The zero-order chi connectivity index (χ0) is 52.9. The number of likely N-dealkylation sites (N-methyl/N-ethyl adjacent to an activating group) is 1. The first-order valence-electron chi connectivity index (χ1n) is 25.2. The Hall–Kier alpha value is -5.54. The number of nitrogens with one attached hydrogen (secondary N) is 2. The Morgan fingerprint density at radius 1 is 0.792 bits per heavy atom. The molecule has 2 amide bonds. The molecule has 0 saturated carbocycles. The summed E-state index contributed by atoms with van der Waals surface area (Å²) in [6, 6.07) is 5.15. The first-order chi connectivity index (χ1) is 34.2. The molecule has 0 bridgehead atoms. The number of quaternary nitrogens is 1. The van der Waals surface area contributed by atoms with Gasteiger partial charge in [-0.1, -0.05) is 96.8 Å². The average molecular weight is 1030 g/mol. The van der Waals surface area contributed by atoms with Gasteiger partial charge in [0.1, 0.15) is 25.8 Å². The number of aliphatic carboxylic acids is 1. The summed E-state index contributed by atoms with van der Waals surface area (Å²) >= 11 is 0. The molecule has 0 aliphatic heterocycles. The topological polar surface area (TPSA) is 311 Å². The lowest BCUT2D eigenvalue weighted by molar-refractivity contribution is -0.870. The molecule has 0 saturated heterocycles. The summed E-state index contributed by atoms with van der Waals surface area (Å²) in [5.41, 5.74) is 13.6. The summed E-state index contributed by atoms with van der Waals surface area (Å²) in [6.45, 7) is 1.46. The SMILES string of the molecule is CCCCCCCCCCCCCCCCCC(=O)OCC(COP(=O)(O)OCC[N+](C)(C)C)OC(=O)CCNC(=O)[C@H](CCC(=O)O)NC(=O)c1ccc(N(C)Cc2cnc3nc(N)nc(N)c3n2)cc1. The largest absolute Gasteiger partial charge is 0.481 e. The number of aromatic nitrogens is 4. The van der Waals surface area contributed by atoms with E-state index in [-0.39, 0.29) is 49.0 Å². The number of rotatable bonds is 38. The number of benzene rings is 1. The first kappa shape index (κ1) is 60.8. The number of hydrogen-bond donors (Lipinski definition) is 6. The predicted octanol–water partition coefficient (Wildman–Crippen LogP) is 6.25. The minimum atomic E-state index is -4.58. The first-order valence-corrected chi connectivity index (χ1v) is 26.7. The number of phosphoric ester groups is 1. The monoisotopic (exact) mass is 1030 g/mol. The number of nitrogens with zero attached hydrogens (tertiary/aromatic N) is 6. The van der Waals surface area contributed by atoms with Crippen LogP contribution in [0.15, 0.2) is 30.5 Å². The Bertz CT molecular complexity index is 2200. The number of esters is 2. The Labute approximate surface area is 423 Å². The van der Waals surface area contributed by atoms with Crippen LogP contribution in [0, 0.1) is 0 Å². The van der Waals surface area contributed by atoms with Gasteiger partial charge in [-0.15, -0.1) is 0 Å². The molecule has 2 unspecified atom stereocenters. The third-order valence-electron chi connectivity index (χ3n) is 11.5. The number of carboxylic acids is 1. The lowest BCUT2D eigenvalue weighted by atomic mass is 10.0. The van der Waals surface area contributed by atoms with Crippen molar-refractivity contribution in [2.24, 2.45) is 0 Å². The summed E-state index contributed by atoms with van der Waals surface area (Å²) in [5, 5.41) is 14.5. The number of nitrogen functional groups attached to an aromatic ring is 2. The number of carbonyl (C=O) groups is 5. The van der Waals surface area contributed by atoms with Gasteiger partial charge in [-0.2, -0.15) is 9.97 Å². The highest BCUT2D eigenvalue weighted by Crippen LogP contribution is 2.43. The van der Waals surface area contributed by atoms with Crippen LogP contribution in [0.5, 0.6) is 0 Å². The normalized spacial score (nSPS) is 13.2. The van der Waals surface area contributed by atoms with Gasteiger partial charge >= 0.3 is 25.7 Å². The molecule has 0 aliphatic carbocycles. The molecule has 3 aromatic rings. The molecule has 22 nitrogen and oxygen atoms in total. The lowest BCUT2D eigenvalue weighted by Crippen LogP contribution is -2.47. The number of carboxylic acid groups (broad SMARTS) is 1. The average Bonchev–Trinajstić information content (AvgIpc) is 3.32. The molecular weight excluding hydrogens is 952 g/mol. The number of hydrogen-bond acceptors (Lipinski definition) is 17. The maximum absolute atomic E-state index is 13.3. The van der Waals surface area contributed by atoms with Crippen molar-refractivity contribution in [1.82, 2.24) is 30.6 Å². The number of phosphoric acid groups is 1. The highest BCUT2D eigenvalue weighted by Gasteiger charge is 2.28. The predicted molar refractivity (Wildman–Crippen MR) is 273 cm³/mol. The molecule has 0 spiro atoms. The number of unbranched alkanes of at least 4 members (excludes halogenated alkanes) is 14. The quantitative estimate of drug-likeness (QED) is 0.0160. The molecular formula is C49H80N10O12P+. The third-order valence-corrected chi connectivity index (χ3v) is 12.5. The molecule has 72 heavy (non-hydrogen) atoms. The van der Waals surface area contributed by atoms with Crippen molar-refractivity contribution in [1.29, 1.82) is 0 Å². The van der Waals surface area contributed by atoms with Gasteiger partial charge in [0.05, 0.1) is 52.6 Å². The second-order valence-electron chi connectivity index (χ2n) is 19.0. The molecule has 3 atom stereocenters. The Morgan fingerprint density at radius 2 is 1.40 bits per heavy atom. The molecule has 3 rings (SSSR count). The smallest absolute Gasteiger partial charge is 0.472 e. The van der Waals surface area contributed by atoms with Crippen molar-refractivity contribution in [3.63, 3.8) is 0 Å². The van der Waals surface area contributed by atoms with Crippen molar-refractivity contribution in [3.05, 3.63) is 41.7 Å². The third kappa shape index (κ3) is 25.7. The minimum absolute atomic E-state index is 0.0161. The highest BCUT2D eigenvalue weighted by atomic mass is 31.2. The van der Waals surface area contributed by atoms with Gasteiger partial charge in [0.2, 0.25) is 11.9 Å². The van der Waals surface area contributed by atoms with Gasteiger partial charge in [-0.25, -0.2) is 14.5 Å². The molecule has 1 aromatic carbocycles. The number of fused-ring (bicyclic) bond motifs is 1. The highest BCUT2D eigenvalue weighted by molar-refractivity contribution is 7.47. The van der Waals surface area contributed by atoms with Crippen LogP contribution >= 0.6 is 7.82 Å². The number of ether oxygens (including phenoxy) is 2. The molecule has 23 heteroatoms. The fraction of sp³-hybridized carbons (Fsp3) is 0.653. The van der Waals surface area contributed by atoms with E-state index in [9.17, 15) is 38.5 Å². The second kappa shape index (κ2) is 32.5. The van der Waals surface area contributed by atoms with E-state index in [1.807, 2.05) is 26.0 Å². The maximum Gasteiger partial charge on any atom is 0.472 e. The molecule has 0 fully saturated rings. The number of carbonyl (C=O) groups excluding carboxylic acids is 4. The van der Waals surface area contributed by atoms with Gasteiger partial charge in [0.15, 0.2) is 23.1 Å². The van der Waals surface area contributed by atoms with Crippen LogP contribution < -0.4 is 27.0 Å². The van der Waals surface area contributed by atoms with Crippen molar-refractivity contribution in [3.8, 4) is 0 Å². The summed E-state index contributed by atoms with van der Waals surface area (Å²) in [5.74, 6) is -3.90. The van der Waals surface area contributed by atoms with Crippen LogP contribution in [-0.4, -0.2) is 137 Å². The van der Waals surface area contributed by atoms with E-state index in [4.69, 9.17) is 30.0 Å². The van der Waals surface area contributed by atoms with Gasteiger partial charge in [0.25, 0.3) is 5.91 Å². The zero-order valence-corrected chi connectivity index (χ0v) is 43.9. The molecule has 2 aromatic heterocycles. The standard InChI is InChI=1S/C49H79N10O12P/c1-6-7-8-9-10-11-12-13-14-15-16-17-18-19-20-21-42(62)68-34-39(35-70-72(66,67)69-31-30-59(3,4)5)71-43(63)28-29-52-48(65)40(26-27-41(60)61)55-47(64)36-22-24-38(25-23-36)58(2)33-37-32-53-46-44(54-37)45(50)56-49(51)57-46/h22-25,32,39-40H,6-21,26-31,33-35H2,1-5H3,(H7-,50,51,52,53,55,56,57,60,61,64,65,66,67)/p+1/t39?,40-/m0/s1.